The van der Waals surface area contributed by atoms with E-state index in [0.29, 0.717) is 28.7 Å². The van der Waals surface area contributed by atoms with Crippen LogP contribution in [0, 0.1) is 5.92 Å². The molecule has 50 heavy (non-hydrogen) atoms. The molecule has 3 atom stereocenters. The molecule has 7 rings (SSSR count). The van der Waals surface area contributed by atoms with Crippen LogP contribution in [0.4, 0.5) is 0 Å². The van der Waals surface area contributed by atoms with Gasteiger partial charge in [-0.25, -0.2) is 4.98 Å². The molecular formula is C39H44ClN5O3SSi. The van der Waals surface area contributed by atoms with Gasteiger partial charge in [0.05, 0.1) is 11.8 Å². The van der Waals surface area contributed by atoms with Crippen molar-refractivity contribution in [1.82, 2.24) is 25.9 Å². The van der Waals surface area contributed by atoms with Gasteiger partial charge in [-0.1, -0.05) is 93.0 Å². The van der Waals surface area contributed by atoms with Gasteiger partial charge in [0.1, 0.15) is 5.69 Å². The summed E-state index contributed by atoms with van der Waals surface area (Å²) < 4.78 is 7.70. The summed E-state index contributed by atoms with van der Waals surface area (Å²) in [5.41, 5.74) is 2.40. The lowest BCUT2D eigenvalue weighted by Gasteiger charge is -2.48. The highest BCUT2D eigenvalue weighted by Crippen LogP contribution is 2.40. The molecule has 5 aromatic rings. The summed E-state index contributed by atoms with van der Waals surface area (Å²) in [6, 6.07) is 28.6. The summed E-state index contributed by atoms with van der Waals surface area (Å²) in [5.74, 6) is -0.247. The molecule has 1 saturated carbocycles. The average molecular weight is 726 g/mol. The van der Waals surface area contributed by atoms with Gasteiger partial charge in [-0.05, 0) is 58.9 Å². The zero-order valence-electron chi connectivity index (χ0n) is 28.7. The summed E-state index contributed by atoms with van der Waals surface area (Å²) in [6.07, 6.45) is 2.80. The number of nitrogens with zero attached hydrogens (tertiary/aromatic N) is 1. The summed E-state index contributed by atoms with van der Waals surface area (Å²) >= 11 is 7.69. The number of amides is 2. The molecule has 1 aliphatic carbocycles. The van der Waals surface area contributed by atoms with Crippen molar-refractivity contribution in [2.24, 2.45) is 5.92 Å². The smallest absolute Gasteiger partial charge is 0.280 e. The maximum atomic E-state index is 13.6. The van der Waals surface area contributed by atoms with E-state index in [1.54, 1.807) is 0 Å². The second-order valence-corrected chi connectivity index (χ2v) is 20.3. The third kappa shape index (κ3) is 7.04. The highest BCUT2D eigenvalue weighted by atomic mass is 35.5. The second kappa shape index (κ2) is 14.4. The summed E-state index contributed by atoms with van der Waals surface area (Å²) in [4.78, 5) is 36.2. The van der Waals surface area contributed by atoms with Crippen molar-refractivity contribution in [1.29, 1.82) is 0 Å². The Morgan fingerprint density at radius 1 is 0.980 bits per heavy atom. The molecule has 11 heteroatoms. The van der Waals surface area contributed by atoms with Gasteiger partial charge in [-0.3, -0.25) is 9.59 Å². The summed E-state index contributed by atoms with van der Waals surface area (Å²) in [7, 11) is -2.93. The van der Waals surface area contributed by atoms with Crippen molar-refractivity contribution in [2.75, 3.05) is 13.1 Å². The van der Waals surface area contributed by atoms with Gasteiger partial charge in [0, 0.05) is 58.8 Å². The first-order valence-electron chi connectivity index (χ1n) is 17.5. The molecule has 2 aliphatic rings. The Morgan fingerprint density at radius 3 is 2.38 bits per heavy atom. The van der Waals surface area contributed by atoms with E-state index in [1.807, 2.05) is 36.4 Å². The molecule has 8 nitrogen and oxygen atoms in total. The number of nitrogens with one attached hydrogen (secondary N) is 4. The van der Waals surface area contributed by atoms with Crippen LogP contribution in [0.5, 0.6) is 0 Å². The number of H-pyrrole nitrogens is 1. The predicted molar refractivity (Wildman–Crippen MR) is 204 cm³/mol. The number of thiazole rings is 1. The van der Waals surface area contributed by atoms with Crippen LogP contribution < -0.4 is 26.3 Å². The minimum Gasteiger partial charge on any atom is -0.404 e. The van der Waals surface area contributed by atoms with Gasteiger partial charge in [0.25, 0.3) is 20.1 Å². The number of halogens is 1. The fraction of sp³-hybridized carbons (Fsp3) is 0.359. The molecule has 0 spiro atoms. The monoisotopic (exact) mass is 725 g/mol. The van der Waals surface area contributed by atoms with Gasteiger partial charge in [-0.2, -0.15) is 0 Å². The number of hydrogen-bond acceptors (Lipinski definition) is 6. The van der Waals surface area contributed by atoms with E-state index in [-0.39, 0.29) is 34.9 Å². The molecule has 3 aromatic carbocycles. The average Bonchev–Trinajstić information content (AvgIpc) is 3.75. The van der Waals surface area contributed by atoms with E-state index in [9.17, 15) is 9.59 Å². The van der Waals surface area contributed by atoms with Crippen molar-refractivity contribution < 1.29 is 14.0 Å². The largest absolute Gasteiger partial charge is 0.404 e. The first kappa shape index (κ1) is 34.6. The number of rotatable bonds is 9. The van der Waals surface area contributed by atoms with Crippen molar-refractivity contribution in [3.8, 4) is 0 Å². The van der Waals surface area contributed by atoms with Crippen molar-refractivity contribution in [2.45, 2.75) is 70.2 Å². The predicted octanol–water partition coefficient (Wildman–Crippen LogP) is 6.20. The third-order valence-corrected chi connectivity index (χ3v) is 16.6. The normalized spacial score (nSPS) is 19.6. The van der Waals surface area contributed by atoms with Gasteiger partial charge in [0.2, 0.25) is 0 Å². The number of aromatic amines is 1. The molecular weight excluding hydrogens is 682 g/mol. The molecule has 2 amide bonds. The topological polar surface area (TPSA) is 108 Å². The molecule has 3 heterocycles. The van der Waals surface area contributed by atoms with Crippen LogP contribution in [0.1, 0.15) is 70.9 Å². The number of carbonyl (C=O) groups excluding carboxylic acids is 2. The summed E-state index contributed by atoms with van der Waals surface area (Å²) in [6.45, 7) is 8.94. The van der Waals surface area contributed by atoms with Gasteiger partial charge < -0.3 is 25.4 Å². The van der Waals surface area contributed by atoms with Crippen molar-refractivity contribution in [3.63, 3.8) is 0 Å². The van der Waals surface area contributed by atoms with Crippen LogP contribution in [-0.2, 0) is 17.4 Å². The maximum Gasteiger partial charge on any atom is 0.280 e. The van der Waals surface area contributed by atoms with E-state index in [1.165, 1.54) is 21.7 Å². The first-order chi connectivity index (χ1) is 24.1. The number of hydrogen-bond donors (Lipinski definition) is 4. The molecule has 2 unspecified atom stereocenters. The third-order valence-electron chi connectivity index (χ3n) is 10.2. The molecule has 0 saturated heterocycles. The fourth-order valence-electron chi connectivity index (χ4n) is 7.63. The molecule has 1 aliphatic heterocycles. The molecule has 0 radical (unpaired) electrons. The Kier molecular flexibility index (Phi) is 10.0. The Hall–Kier alpha value is -3.80. The lowest BCUT2D eigenvalue weighted by molar-refractivity contribution is 0.0606. The van der Waals surface area contributed by atoms with Crippen LogP contribution in [0.2, 0.25) is 10.1 Å². The van der Waals surface area contributed by atoms with Gasteiger partial charge in [0.15, 0.2) is 5.01 Å². The van der Waals surface area contributed by atoms with Gasteiger partial charge in [-0.15, -0.1) is 11.3 Å². The molecule has 1 fully saturated rings. The van der Waals surface area contributed by atoms with E-state index in [0.717, 1.165) is 53.8 Å². The van der Waals surface area contributed by atoms with E-state index < -0.39 is 8.32 Å². The van der Waals surface area contributed by atoms with E-state index in [2.05, 4.69) is 95.2 Å². The highest BCUT2D eigenvalue weighted by Gasteiger charge is 2.52. The number of aromatic nitrogens is 2. The van der Waals surface area contributed by atoms with E-state index >= 15 is 0 Å². The lowest BCUT2D eigenvalue weighted by Crippen LogP contribution is -2.69. The lowest BCUT2D eigenvalue weighted by atomic mass is 9.83. The van der Waals surface area contributed by atoms with Crippen LogP contribution in [0.25, 0.3) is 10.9 Å². The number of benzene rings is 3. The van der Waals surface area contributed by atoms with Gasteiger partial charge >= 0.3 is 0 Å². The Balaban J connectivity index is 1.18. The second-order valence-electron chi connectivity index (χ2n) is 14.5. The van der Waals surface area contributed by atoms with Crippen LogP contribution in [0.3, 0.4) is 0 Å². The van der Waals surface area contributed by atoms with Crippen LogP contribution in [0.15, 0.2) is 84.9 Å². The molecule has 4 N–H and O–H groups in total. The molecule has 2 aromatic heterocycles. The quantitative estimate of drug-likeness (QED) is 0.136. The van der Waals surface area contributed by atoms with Crippen LogP contribution >= 0.6 is 22.9 Å². The van der Waals surface area contributed by atoms with Crippen LogP contribution in [-0.4, -0.2) is 55.3 Å². The first-order valence-corrected chi connectivity index (χ1v) is 20.6. The standard InChI is InChI=1S/C39H44ClN5O3SSi/c1-39(2,3)50(29-10-6-4-7-11-29,30-12-8-5-9-13-30)48-34-22-28(43-36(46)33-21-26-20-27(40)15-17-31(26)44-33)16-14-25(34)23-42-37(47)38-45-32-18-19-41-24-35(32)49-38/h4-13,15,17,20-21,25,28,34,41,44H,14,16,18-19,22-24H2,1-3H3,(H,42,47)(H,43,46)/t25?,28-,34?/m0/s1. The van der Waals surface area contributed by atoms with Crippen molar-refractivity contribution in [3.05, 3.63) is 111 Å². The summed E-state index contributed by atoms with van der Waals surface area (Å²) in [5, 5.41) is 14.1. The minimum absolute atomic E-state index is 0.0419. The highest BCUT2D eigenvalue weighted by molar-refractivity contribution is 7.13. The number of carbonyl (C=O) groups is 2. The van der Waals surface area contributed by atoms with Crippen molar-refractivity contribution >= 4 is 64.3 Å². The molecule has 260 valence electrons. The number of fused-ring (bicyclic) bond motifs is 2. The van der Waals surface area contributed by atoms with E-state index in [4.69, 9.17) is 16.0 Å². The molecule has 0 bridgehead atoms. The Labute approximate surface area is 303 Å². The zero-order valence-corrected chi connectivity index (χ0v) is 31.3. The minimum atomic E-state index is -2.93. The Bertz CT molecular complexity index is 1910. The Morgan fingerprint density at radius 2 is 1.70 bits per heavy atom. The fourth-order valence-corrected chi connectivity index (χ4v) is 13.6. The SMILES string of the molecule is CC(C)(C)[Si](OC1C[C@@H](NC(=O)c2cc3cc(Cl)ccc3[nH]2)CCC1CNC(=O)c1nc2c(s1)CNCC2)(c1ccccc1)c1ccccc1. The maximum absolute atomic E-state index is 13.6. The zero-order chi connectivity index (χ0) is 34.9.